The van der Waals surface area contributed by atoms with Gasteiger partial charge < -0.3 is 9.84 Å². The van der Waals surface area contributed by atoms with Crippen molar-refractivity contribution in [1.29, 1.82) is 0 Å². The minimum atomic E-state index is -0.726. The lowest BCUT2D eigenvalue weighted by atomic mass is 9.84. The van der Waals surface area contributed by atoms with E-state index in [1.807, 2.05) is 20.8 Å². The number of aliphatic hydroxyl groups is 1. The molecule has 0 radical (unpaired) electrons. The molecule has 2 heteroatoms. The van der Waals surface area contributed by atoms with E-state index < -0.39 is 11.2 Å². The summed E-state index contributed by atoms with van der Waals surface area (Å²) in [4.78, 5) is 0. The smallest absolute Gasteiger partial charge is 0.0905 e. The third-order valence-corrected chi connectivity index (χ3v) is 2.54. The van der Waals surface area contributed by atoms with Gasteiger partial charge in [-0.25, -0.2) is 0 Å². The van der Waals surface area contributed by atoms with Crippen LogP contribution in [0.1, 0.15) is 40.5 Å². The lowest BCUT2D eigenvalue weighted by Crippen LogP contribution is -2.48. The third-order valence-electron chi connectivity index (χ3n) is 2.54. The predicted octanol–water partition coefficient (Wildman–Crippen LogP) is 1.96. The largest absolute Gasteiger partial charge is 0.387 e. The molecule has 1 N–H and O–H groups in total. The Hall–Kier alpha value is -0.0800. The maximum Gasteiger partial charge on any atom is 0.0905 e. The number of rotatable bonds is 4. The summed E-state index contributed by atoms with van der Waals surface area (Å²) >= 11 is 0. The van der Waals surface area contributed by atoms with Crippen LogP contribution < -0.4 is 0 Å². The van der Waals surface area contributed by atoms with E-state index in [2.05, 4.69) is 6.92 Å². The predicted molar refractivity (Wildman–Crippen MR) is 46.6 cm³/mol. The molecule has 68 valence electrons. The van der Waals surface area contributed by atoms with E-state index in [1.54, 1.807) is 7.11 Å². The van der Waals surface area contributed by atoms with E-state index in [9.17, 15) is 5.11 Å². The highest BCUT2D eigenvalue weighted by Gasteiger charge is 2.38. The van der Waals surface area contributed by atoms with Gasteiger partial charge in [0.05, 0.1) is 11.2 Å². The van der Waals surface area contributed by atoms with Crippen LogP contribution in [0.4, 0.5) is 0 Å². The fourth-order valence-corrected chi connectivity index (χ4v) is 1.01. The van der Waals surface area contributed by atoms with Crippen molar-refractivity contribution in [2.24, 2.45) is 0 Å². The molecule has 0 saturated carbocycles. The highest BCUT2D eigenvalue weighted by Crippen LogP contribution is 2.28. The second-order valence-corrected chi connectivity index (χ2v) is 3.74. The van der Waals surface area contributed by atoms with Gasteiger partial charge in [0.1, 0.15) is 0 Å². The molecule has 0 aliphatic carbocycles. The van der Waals surface area contributed by atoms with Gasteiger partial charge in [0, 0.05) is 7.11 Å². The van der Waals surface area contributed by atoms with E-state index in [1.165, 1.54) is 0 Å². The molecule has 0 saturated heterocycles. The Morgan fingerprint density at radius 1 is 1.27 bits per heavy atom. The molecule has 0 rings (SSSR count). The van der Waals surface area contributed by atoms with E-state index in [0.29, 0.717) is 0 Å². The Kier molecular flexibility index (Phi) is 3.52. The summed E-state index contributed by atoms with van der Waals surface area (Å²) in [6.45, 7) is 7.69. The third kappa shape index (κ3) is 2.46. The molecule has 0 spiro atoms. The molecule has 1 atom stereocenters. The molecular weight excluding hydrogens is 140 g/mol. The summed E-state index contributed by atoms with van der Waals surface area (Å²) < 4.78 is 5.20. The van der Waals surface area contributed by atoms with Crippen molar-refractivity contribution in [3.8, 4) is 0 Å². The Bertz CT molecular complexity index is 117. The molecule has 0 aliphatic rings. The summed E-state index contributed by atoms with van der Waals surface area (Å²) in [6, 6.07) is 0. The summed E-state index contributed by atoms with van der Waals surface area (Å²) in [6.07, 6.45) is 1.74. The van der Waals surface area contributed by atoms with Crippen LogP contribution in [0.5, 0.6) is 0 Å². The molecule has 0 aromatic rings. The van der Waals surface area contributed by atoms with E-state index in [4.69, 9.17) is 4.74 Å². The summed E-state index contributed by atoms with van der Waals surface area (Å²) in [5.41, 5.74) is -1.18. The number of ether oxygens (including phenoxy) is 1. The summed E-state index contributed by atoms with van der Waals surface area (Å²) in [5.74, 6) is 0. The van der Waals surface area contributed by atoms with Crippen molar-refractivity contribution in [3.05, 3.63) is 0 Å². The highest BCUT2D eigenvalue weighted by molar-refractivity contribution is 4.90. The van der Waals surface area contributed by atoms with Gasteiger partial charge in [0.15, 0.2) is 0 Å². The maximum absolute atomic E-state index is 9.92. The van der Waals surface area contributed by atoms with Crippen molar-refractivity contribution in [3.63, 3.8) is 0 Å². The molecule has 0 aromatic heterocycles. The molecule has 0 bridgehead atoms. The second kappa shape index (κ2) is 3.55. The van der Waals surface area contributed by atoms with Crippen LogP contribution in [0, 0.1) is 0 Å². The minimum absolute atomic E-state index is 0.455. The summed E-state index contributed by atoms with van der Waals surface area (Å²) in [7, 11) is 1.63. The van der Waals surface area contributed by atoms with Gasteiger partial charge in [-0.1, -0.05) is 13.3 Å². The van der Waals surface area contributed by atoms with Crippen LogP contribution in [0.25, 0.3) is 0 Å². The Morgan fingerprint density at radius 3 is 2.00 bits per heavy atom. The van der Waals surface area contributed by atoms with Crippen molar-refractivity contribution in [2.75, 3.05) is 7.11 Å². The fourth-order valence-electron chi connectivity index (χ4n) is 1.01. The highest BCUT2D eigenvalue weighted by atomic mass is 16.5. The molecule has 2 nitrogen and oxygen atoms in total. The van der Waals surface area contributed by atoms with Gasteiger partial charge in [-0.2, -0.15) is 0 Å². The number of methoxy groups -OCH3 is 1. The van der Waals surface area contributed by atoms with Crippen LogP contribution in [0.15, 0.2) is 0 Å². The fraction of sp³-hybridized carbons (Fsp3) is 1.00. The van der Waals surface area contributed by atoms with Gasteiger partial charge in [-0.3, -0.25) is 0 Å². The molecular formula is C9H20O2. The van der Waals surface area contributed by atoms with Gasteiger partial charge >= 0.3 is 0 Å². The van der Waals surface area contributed by atoms with E-state index in [0.717, 1.165) is 12.8 Å². The monoisotopic (exact) mass is 160 g/mol. The lowest BCUT2D eigenvalue weighted by Gasteiger charge is -2.38. The number of hydrogen-bond acceptors (Lipinski definition) is 2. The van der Waals surface area contributed by atoms with Crippen LogP contribution >= 0.6 is 0 Å². The SMILES string of the molecule is CCCC(C)(O)C(C)(C)OC. The standard InChI is InChI=1S/C9H20O2/c1-6-7-9(4,10)8(2,3)11-5/h10H,6-7H2,1-5H3. The Balaban J connectivity index is 4.26. The zero-order valence-corrected chi connectivity index (χ0v) is 8.27. The lowest BCUT2D eigenvalue weighted by molar-refractivity contribution is -0.143. The average Bonchev–Trinajstić information content (AvgIpc) is 1.87. The van der Waals surface area contributed by atoms with Crippen molar-refractivity contribution in [1.82, 2.24) is 0 Å². The van der Waals surface area contributed by atoms with Gasteiger partial charge in [-0.05, 0) is 27.2 Å². The zero-order valence-electron chi connectivity index (χ0n) is 8.27. The summed E-state index contributed by atoms with van der Waals surface area (Å²) in [5, 5.41) is 9.92. The van der Waals surface area contributed by atoms with E-state index in [-0.39, 0.29) is 0 Å². The molecule has 0 amide bonds. The number of hydrogen-bond donors (Lipinski definition) is 1. The normalized spacial score (nSPS) is 18.0. The topological polar surface area (TPSA) is 29.5 Å². The van der Waals surface area contributed by atoms with E-state index >= 15 is 0 Å². The van der Waals surface area contributed by atoms with Gasteiger partial charge in [0.25, 0.3) is 0 Å². The molecule has 0 heterocycles. The van der Waals surface area contributed by atoms with Crippen LogP contribution in [0.2, 0.25) is 0 Å². The molecule has 11 heavy (non-hydrogen) atoms. The quantitative estimate of drug-likeness (QED) is 0.681. The first-order valence-electron chi connectivity index (χ1n) is 4.15. The first-order chi connectivity index (χ1) is 4.87. The first-order valence-corrected chi connectivity index (χ1v) is 4.15. The molecule has 0 aliphatic heterocycles. The first kappa shape index (κ1) is 10.9. The van der Waals surface area contributed by atoms with Crippen LogP contribution in [-0.4, -0.2) is 23.4 Å². The Labute approximate surface area is 69.6 Å². The van der Waals surface area contributed by atoms with Crippen LogP contribution in [0.3, 0.4) is 0 Å². The molecule has 0 aromatic carbocycles. The second-order valence-electron chi connectivity index (χ2n) is 3.74. The van der Waals surface area contributed by atoms with Crippen molar-refractivity contribution >= 4 is 0 Å². The van der Waals surface area contributed by atoms with Crippen molar-refractivity contribution in [2.45, 2.75) is 51.7 Å². The minimum Gasteiger partial charge on any atom is -0.387 e. The molecule has 1 unspecified atom stereocenters. The van der Waals surface area contributed by atoms with Crippen LogP contribution in [-0.2, 0) is 4.74 Å². The Morgan fingerprint density at radius 2 is 1.73 bits per heavy atom. The maximum atomic E-state index is 9.92. The zero-order chi connectivity index (χ0) is 9.12. The van der Waals surface area contributed by atoms with Gasteiger partial charge in [-0.15, -0.1) is 0 Å². The average molecular weight is 160 g/mol. The van der Waals surface area contributed by atoms with Crippen molar-refractivity contribution < 1.29 is 9.84 Å². The molecule has 0 fully saturated rings. The van der Waals surface area contributed by atoms with Gasteiger partial charge in [0.2, 0.25) is 0 Å².